The number of benzene rings is 1. The standard InChI is InChI=1S/C19H26N4O3/c1-12-5-8-15(13(9-12)10-22(3)4)20-16(24)11-23-17(25)19(2,14-6-7-14)21-18(23)26/h5,8-9,14H,6-7,10-11H2,1-4H3,(H,20,24)(H,21,26). The van der Waals surface area contributed by atoms with Crippen LogP contribution >= 0.6 is 0 Å². The van der Waals surface area contributed by atoms with Crippen molar-refractivity contribution < 1.29 is 14.4 Å². The van der Waals surface area contributed by atoms with Crippen molar-refractivity contribution in [2.75, 3.05) is 26.0 Å². The lowest BCUT2D eigenvalue weighted by Crippen LogP contribution is -2.46. The second-order valence-corrected chi connectivity index (χ2v) is 7.74. The van der Waals surface area contributed by atoms with Crippen LogP contribution < -0.4 is 10.6 Å². The predicted octanol–water partition coefficient (Wildman–Crippen LogP) is 1.72. The number of amides is 4. The van der Waals surface area contributed by atoms with Crippen LogP contribution in [0.5, 0.6) is 0 Å². The number of rotatable bonds is 6. The van der Waals surface area contributed by atoms with Crippen molar-refractivity contribution in [3.05, 3.63) is 29.3 Å². The largest absolute Gasteiger partial charge is 0.325 e. The molecule has 2 aliphatic rings. The average Bonchev–Trinajstić information content (AvgIpc) is 3.36. The summed E-state index contributed by atoms with van der Waals surface area (Å²) in [6.45, 7) is 4.15. The number of carbonyl (C=O) groups excluding carboxylic acids is 3. The third-order valence-corrected chi connectivity index (χ3v) is 5.02. The Morgan fingerprint density at radius 2 is 2.04 bits per heavy atom. The van der Waals surface area contributed by atoms with Crippen LogP contribution in [-0.4, -0.2) is 53.8 Å². The normalized spacial score (nSPS) is 22.7. The summed E-state index contributed by atoms with van der Waals surface area (Å²) in [7, 11) is 3.92. The number of hydrogen-bond acceptors (Lipinski definition) is 4. The Labute approximate surface area is 153 Å². The average molecular weight is 358 g/mol. The van der Waals surface area contributed by atoms with E-state index in [0.29, 0.717) is 12.2 Å². The number of imide groups is 1. The molecule has 2 fully saturated rings. The SMILES string of the molecule is Cc1ccc(NC(=O)CN2C(=O)NC(C)(C3CC3)C2=O)c(CN(C)C)c1. The van der Waals surface area contributed by atoms with Crippen molar-refractivity contribution in [2.45, 2.75) is 38.8 Å². The third kappa shape index (κ3) is 3.58. The Bertz CT molecular complexity index is 757. The molecule has 0 aromatic heterocycles. The van der Waals surface area contributed by atoms with Gasteiger partial charge in [0, 0.05) is 12.2 Å². The van der Waals surface area contributed by atoms with Gasteiger partial charge in [0.25, 0.3) is 5.91 Å². The fourth-order valence-electron chi connectivity index (χ4n) is 3.45. The Morgan fingerprint density at radius 3 is 2.65 bits per heavy atom. The van der Waals surface area contributed by atoms with Gasteiger partial charge in [0.2, 0.25) is 5.91 Å². The van der Waals surface area contributed by atoms with Crippen molar-refractivity contribution in [1.29, 1.82) is 0 Å². The van der Waals surface area contributed by atoms with Crippen LogP contribution in [0.1, 0.15) is 30.9 Å². The van der Waals surface area contributed by atoms with Gasteiger partial charge in [-0.3, -0.25) is 14.5 Å². The highest BCUT2D eigenvalue weighted by molar-refractivity contribution is 6.10. The van der Waals surface area contributed by atoms with E-state index in [-0.39, 0.29) is 24.3 Å². The van der Waals surface area contributed by atoms with Crippen LogP contribution in [0.4, 0.5) is 10.5 Å². The van der Waals surface area contributed by atoms with Crippen molar-refractivity contribution in [2.24, 2.45) is 5.92 Å². The van der Waals surface area contributed by atoms with Crippen molar-refractivity contribution in [3.63, 3.8) is 0 Å². The van der Waals surface area contributed by atoms with E-state index in [1.807, 2.05) is 44.1 Å². The fraction of sp³-hybridized carbons (Fsp3) is 0.526. The highest BCUT2D eigenvalue weighted by atomic mass is 16.2. The number of anilines is 1. The molecule has 1 aliphatic carbocycles. The van der Waals surface area contributed by atoms with E-state index in [9.17, 15) is 14.4 Å². The topological polar surface area (TPSA) is 81.8 Å². The number of hydrogen-bond donors (Lipinski definition) is 2. The van der Waals surface area contributed by atoms with E-state index in [4.69, 9.17) is 0 Å². The molecule has 7 heteroatoms. The Morgan fingerprint density at radius 1 is 1.35 bits per heavy atom. The molecule has 0 radical (unpaired) electrons. The van der Waals surface area contributed by atoms with Crippen molar-refractivity contribution in [1.82, 2.24) is 15.1 Å². The highest BCUT2D eigenvalue weighted by Gasteiger charge is 2.56. The van der Waals surface area contributed by atoms with Gasteiger partial charge in [0.1, 0.15) is 12.1 Å². The molecular formula is C19H26N4O3. The summed E-state index contributed by atoms with van der Waals surface area (Å²) < 4.78 is 0. The summed E-state index contributed by atoms with van der Waals surface area (Å²) >= 11 is 0. The monoisotopic (exact) mass is 358 g/mol. The smallest absolute Gasteiger partial charge is 0.324 e. The Hall–Kier alpha value is -2.41. The minimum Gasteiger partial charge on any atom is -0.324 e. The first-order valence-corrected chi connectivity index (χ1v) is 8.89. The van der Waals surface area contributed by atoms with Crippen LogP contribution in [0.25, 0.3) is 0 Å². The van der Waals surface area contributed by atoms with Gasteiger partial charge in [-0.05, 0) is 58.3 Å². The molecule has 140 valence electrons. The molecule has 4 amide bonds. The molecule has 1 unspecified atom stereocenters. The molecule has 0 spiro atoms. The number of nitrogens with zero attached hydrogens (tertiary/aromatic N) is 2. The van der Waals surface area contributed by atoms with Crippen LogP contribution in [0, 0.1) is 12.8 Å². The zero-order chi connectivity index (χ0) is 19.1. The second-order valence-electron chi connectivity index (χ2n) is 7.74. The van der Waals surface area contributed by atoms with Crippen LogP contribution in [0.2, 0.25) is 0 Å². The van der Waals surface area contributed by atoms with E-state index < -0.39 is 11.6 Å². The molecule has 1 saturated carbocycles. The van der Waals surface area contributed by atoms with E-state index in [0.717, 1.165) is 28.9 Å². The van der Waals surface area contributed by atoms with Gasteiger partial charge < -0.3 is 15.5 Å². The lowest BCUT2D eigenvalue weighted by Gasteiger charge is -2.21. The van der Waals surface area contributed by atoms with Crippen LogP contribution in [0.3, 0.4) is 0 Å². The Balaban J connectivity index is 1.70. The maximum absolute atomic E-state index is 12.6. The minimum atomic E-state index is -0.864. The molecule has 1 heterocycles. The summed E-state index contributed by atoms with van der Waals surface area (Å²) in [4.78, 5) is 40.3. The first-order valence-electron chi connectivity index (χ1n) is 8.89. The molecule has 1 aliphatic heterocycles. The second kappa shape index (κ2) is 6.72. The van der Waals surface area contributed by atoms with E-state index in [1.165, 1.54) is 0 Å². The number of carbonyl (C=O) groups is 3. The first-order chi connectivity index (χ1) is 12.2. The Kier molecular flexibility index (Phi) is 4.75. The molecule has 1 atom stereocenters. The number of aryl methyl sites for hydroxylation is 1. The van der Waals surface area contributed by atoms with Gasteiger partial charge in [-0.25, -0.2) is 4.79 Å². The van der Waals surface area contributed by atoms with E-state index in [2.05, 4.69) is 10.6 Å². The van der Waals surface area contributed by atoms with Crippen LogP contribution in [-0.2, 0) is 16.1 Å². The van der Waals surface area contributed by atoms with Crippen LogP contribution in [0.15, 0.2) is 18.2 Å². The molecule has 0 bridgehead atoms. The summed E-state index contributed by atoms with van der Waals surface area (Å²) in [5.41, 5.74) is 1.93. The van der Waals surface area contributed by atoms with Gasteiger partial charge in [-0.15, -0.1) is 0 Å². The lowest BCUT2D eigenvalue weighted by molar-refractivity contribution is -0.134. The summed E-state index contributed by atoms with van der Waals surface area (Å²) in [5.74, 6) is -0.509. The maximum atomic E-state index is 12.6. The number of nitrogens with one attached hydrogen (secondary N) is 2. The van der Waals surface area contributed by atoms with E-state index >= 15 is 0 Å². The summed E-state index contributed by atoms with van der Waals surface area (Å²) in [5, 5.41) is 5.60. The van der Waals surface area contributed by atoms with Gasteiger partial charge in [-0.2, -0.15) is 0 Å². The highest BCUT2D eigenvalue weighted by Crippen LogP contribution is 2.42. The van der Waals surface area contributed by atoms with E-state index in [1.54, 1.807) is 6.92 Å². The van der Waals surface area contributed by atoms with Gasteiger partial charge in [-0.1, -0.05) is 17.7 Å². The van der Waals surface area contributed by atoms with Gasteiger partial charge in [0.05, 0.1) is 0 Å². The van der Waals surface area contributed by atoms with Crippen molar-refractivity contribution in [3.8, 4) is 0 Å². The molecular weight excluding hydrogens is 332 g/mol. The molecule has 7 nitrogen and oxygen atoms in total. The molecule has 1 aromatic carbocycles. The maximum Gasteiger partial charge on any atom is 0.325 e. The number of urea groups is 1. The van der Waals surface area contributed by atoms with Gasteiger partial charge in [0.15, 0.2) is 0 Å². The lowest BCUT2D eigenvalue weighted by atomic mass is 9.96. The quantitative estimate of drug-likeness (QED) is 0.759. The zero-order valence-electron chi connectivity index (χ0n) is 15.8. The molecule has 3 rings (SSSR count). The van der Waals surface area contributed by atoms with Gasteiger partial charge >= 0.3 is 6.03 Å². The third-order valence-electron chi connectivity index (χ3n) is 5.02. The summed E-state index contributed by atoms with van der Waals surface area (Å²) in [6, 6.07) is 5.31. The molecule has 1 saturated heterocycles. The fourth-order valence-corrected chi connectivity index (χ4v) is 3.45. The van der Waals surface area contributed by atoms with Crippen molar-refractivity contribution >= 4 is 23.5 Å². The molecule has 1 aromatic rings. The molecule has 26 heavy (non-hydrogen) atoms. The first kappa shape index (κ1) is 18.4. The summed E-state index contributed by atoms with van der Waals surface area (Å²) in [6.07, 6.45) is 1.86. The molecule has 2 N–H and O–H groups in total. The zero-order valence-corrected chi connectivity index (χ0v) is 15.8. The minimum absolute atomic E-state index is 0.177. The predicted molar refractivity (Wildman–Crippen MR) is 98.6 cm³/mol.